The van der Waals surface area contributed by atoms with Gasteiger partial charge in [0.25, 0.3) is 0 Å². The highest BCUT2D eigenvalue weighted by molar-refractivity contribution is 6.66. The third-order valence-electron chi connectivity index (χ3n) is 4.37. The maximum Gasteiger partial charge on any atom is 0.434 e. The van der Waals surface area contributed by atoms with Crippen molar-refractivity contribution in [3.8, 4) is 0 Å². The molecule has 0 aromatic heterocycles. The van der Waals surface area contributed by atoms with Crippen molar-refractivity contribution in [3.05, 3.63) is 0 Å². The molecule has 0 fully saturated rings. The number of hydrogen-bond donors (Lipinski definition) is 0. The quantitative estimate of drug-likeness (QED) is 0.181. The molecule has 0 aliphatic carbocycles. The first-order valence-electron chi connectivity index (χ1n) is 8.73. The molecule has 0 aliphatic rings. The molecule has 0 saturated carbocycles. The second-order valence-electron chi connectivity index (χ2n) is 6.64. The third kappa shape index (κ3) is 6.17. The Hall–Kier alpha value is -0.703. The summed E-state index contributed by atoms with van der Waals surface area (Å²) in [4.78, 5) is 0. The van der Waals surface area contributed by atoms with Gasteiger partial charge in [0.05, 0.1) is 0 Å². The molecule has 0 aromatic rings. The smallest absolute Gasteiger partial charge is 0.395 e. The number of hydrogen-bond acceptors (Lipinski definition) is 2. The van der Waals surface area contributed by atoms with Gasteiger partial charge in [0, 0.05) is 13.2 Å². The largest absolute Gasteiger partial charge is 0.434 e. The van der Waals surface area contributed by atoms with Gasteiger partial charge in [0.1, 0.15) is 0 Å². The van der Waals surface area contributed by atoms with Crippen LogP contribution in [0.2, 0.25) is 12.6 Å². The fourth-order valence-electron chi connectivity index (χ4n) is 2.80. The standard InChI is InChI=1S/C15H22F12O2Si/c1-4-28-30(3,29-5-2)9-7-6-8-11(17,13(19,20)21)10(16)12(18,14(22,23)24)15(25,26)27/h10H,4-9H2,1-3H3/t10?,11-/m0/s1. The minimum atomic E-state index is -7.18. The van der Waals surface area contributed by atoms with Crippen LogP contribution in [0.15, 0.2) is 0 Å². The van der Waals surface area contributed by atoms with E-state index in [9.17, 15) is 52.7 Å². The zero-order valence-electron chi connectivity index (χ0n) is 16.2. The predicted molar refractivity (Wildman–Crippen MR) is 84.3 cm³/mol. The van der Waals surface area contributed by atoms with E-state index in [4.69, 9.17) is 8.85 Å². The van der Waals surface area contributed by atoms with Crippen molar-refractivity contribution >= 4 is 8.56 Å². The molecule has 0 N–H and O–H groups in total. The summed E-state index contributed by atoms with van der Waals surface area (Å²) in [6, 6.07) is -0.0983. The van der Waals surface area contributed by atoms with Crippen LogP contribution in [-0.2, 0) is 8.85 Å². The van der Waals surface area contributed by atoms with E-state index < -0.39 is 63.9 Å². The lowest BCUT2D eigenvalue weighted by atomic mass is 9.82. The molecule has 0 heterocycles. The summed E-state index contributed by atoms with van der Waals surface area (Å²) >= 11 is 0. The van der Waals surface area contributed by atoms with E-state index in [1.165, 1.54) is 6.55 Å². The Morgan fingerprint density at radius 2 is 1.10 bits per heavy atom. The first-order valence-corrected chi connectivity index (χ1v) is 11.3. The molecule has 2 nitrogen and oxygen atoms in total. The van der Waals surface area contributed by atoms with Gasteiger partial charge in [-0.2, -0.15) is 39.5 Å². The average Bonchev–Trinajstić information content (AvgIpc) is 2.54. The summed E-state index contributed by atoms with van der Waals surface area (Å²) in [5, 5.41) is 0. The van der Waals surface area contributed by atoms with Gasteiger partial charge < -0.3 is 8.85 Å². The van der Waals surface area contributed by atoms with Gasteiger partial charge in [0.15, 0.2) is 6.17 Å². The number of rotatable bonds is 11. The maximum atomic E-state index is 14.4. The Balaban J connectivity index is 5.73. The van der Waals surface area contributed by atoms with Crippen molar-refractivity contribution in [1.82, 2.24) is 0 Å². The topological polar surface area (TPSA) is 18.5 Å². The Kier molecular flexibility index (Phi) is 9.61. The maximum absolute atomic E-state index is 14.4. The molecular formula is C15H22F12O2Si. The molecule has 0 amide bonds. The normalized spacial score (nSPS) is 17.7. The van der Waals surface area contributed by atoms with Crippen molar-refractivity contribution in [2.75, 3.05) is 13.2 Å². The van der Waals surface area contributed by atoms with Gasteiger partial charge in [0.2, 0.25) is 5.67 Å². The monoisotopic (exact) mass is 490 g/mol. The SMILES string of the molecule is CCO[Si](C)(CCCC[C@](F)(C(F)C(F)(C(F)(F)F)C(F)(F)F)C(F)(F)F)OCC. The molecular weight excluding hydrogens is 468 g/mol. The average molecular weight is 490 g/mol. The Labute approximate surface area is 166 Å². The van der Waals surface area contributed by atoms with E-state index in [1.54, 1.807) is 13.8 Å². The van der Waals surface area contributed by atoms with E-state index in [0.717, 1.165) is 0 Å². The first kappa shape index (κ1) is 29.3. The molecule has 0 aromatic carbocycles. The summed E-state index contributed by atoms with van der Waals surface area (Å²) in [5.74, 6) is 0. The Morgan fingerprint density at radius 1 is 0.700 bits per heavy atom. The van der Waals surface area contributed by atoms with Gasteiger partial charge in [-0.1, -0.05) is 6.42 Å². The summed E-state index contributed by atoms with van der Waals surface area (Å²) in [6.07, 6.45) is -30.1. The van der Waals surface area contributed by atoms with Crippen molar-refractivity contribution < 1.29 is 61.5 Å². The van der Waals surface area contributed by atoms with Crippen molar-refractivity contribution in [2.45, 2.75) is 81.7 Å². The van der Waals surface area contributed by atoms with Crippen LogP contribution < -0.4 is 0 Å². The second kappa shape index (κ2) is 9.84. The highest BCUT2D eigenvalue weighted by atomic mass is 28.4. The molecule has 15 heteroatoms. The van der Waals surface area contributed by atoms with Crippen LogP contribution in [0.1, 0.15) is 33.1 Å². The number of halogens is 12. The Bertz CT molecular complexity index is 513. The lowest BCUT2D eigenvalue weighted by molar-refractivity contribution is -0.383. The van der Waals surface area contributed by atoms with Gasteiger partial charge in [-0.3, -0.25) is 0 Å². The molecule has 0 spiro atoms. The van der Waals surface area contributed by atoms with Gasteiger partial charge in [-0.15, -0.1) is 0 Å². The van der Waals surface area contributed by atoms with E-state index in [-0.39, 0.29) is 19.3 Å². The summed E-state index contributed by atoms with van der Waals surface area (Å²) in [6.45, 7) is 4.93. The summed E-state index contributed by atoms with van der Waals surface area (Å²) < 4.78 is 167. The van der Waals surface area contributed by atoms with Gasteiger partial charge >= 0.3 is 32.8 Å². The van der Waals surface area contributed by atoms with E-state index >= 15 is 0 Å². The molecule has 182 valence electrons. The molecule has 0 bridgehead atoms. The van der Waals surface area contributed by atoms with Crippen LogP contribution in [0.25, 0.3) is 0 Å². The molecule has 0 aliphatic heterocycles. The predicted octanol–water partition coefficient (Wildman–Crippen LogP) is 6.74. The van der Waals surface area contributed by atoms with Crippen molar-refractivity contribution in [2.24, 2.45) is 0 Å². The summed E-state index contributed by atoms with van der Waals surface area (Å²) in [5.41, 5.74) is -12.8. The fourth-order valence-corrected chi connectivity index (χ4v) is 5.29. The fraction of sp³-hybridized carbons (Fsp3) is 1.00. The van der Waals surface area contributed by atoms with Crippen LogP contribution in [0.3, 0.4) is 0 Å². The lowest BCUT2D eigenvalue weighted by Gasteiger charge is -2.40. The molecule has 1 unspecified atom stereocenters. The molecule has 30 heavy (non-hydrogen) atoms. The Morgan fingerprint density at radius 3 is 1.40 bits per heavy atom. The van der Waals surface area contributed by atoms with Crippen LogP contribution in [-0.4, -0.2) is 57.8 Å². The van der Waals surface area contributed by atoms with Crippen LogP contribution in [0.4, 0.5) is 52.7 Å². The van der Waals surface area contributed by atoms with E-state index in [1.807, 2.05) is 0 Å². The highest BCUT2D eigenvalue weighted by Crippen LogP contribution is 2.56. The first-order chi connectivity index (χ1) is 13.2. The third-order valence-corrected chi connectivity index (χ3v) is 7.43. The second-order valence-corrected chi connectivity index (χ2v) is 9.98. The van der Waals surface area contributed by atoms with Crippen molar-refractivity contribution in [1.29, 1.82) is 0 Å². The van der Waals surface area contributed by atoms with Crippen LogP contribution in [0.5, 0.6) is 0 Å². The zero-order chi connectivity index (χ0) is 24.2. The molecule has 2 atom stereocenters. The van der Waals surface area contributed by atoms with Crippen LogP contribution >= 0.6 is 0 Å². The van der Waals surface area contributed by atoms with E-state index in [2.05, 4.69) is 0 Å². The summed E-state index contributed by atoms with van der Waals surface area (Å²) in [7, 11) is -2.95. The van der Waals surface area contributed by atoms with Gasteiger partial charge in [-0.05, 0) is 39.3 Å². The van der Waals surface area contributed by atoms with Crippen molar-refractivity contribution in [3.63, 3.8) is 0 Å². The number of unbranched alkanes of at least 4 members (excludes halogenated alkanes) is 1. The number of alkyl halides is 12. The minimum Gasteiger partial charge on any atom is -0.395 e. The molecule has 0 rings (SSSR count). The highest BCUT2D eigenvalue weighted by Gasteiger charge is 2.83. The van der Waals surface area contributed by atoms with Gasteiger partial charge in [-0.25, -0.2) is 13.2 Å². The minimum absolute atomic E-state index is 0.0983. The van der Waals surface area contributed by atoms with E-state index in [0.29, 0.717) is 0 Å². The molecule has 0 saturated heterocycles. The zero-order valence-corrected chi connectivity index (χ0v) is 17.2. The molecule has 0 radical (unpaired) electrons. The lowest BCUT2D eigenvalue weighted by Crippen LogP contribution is -2.68. The van der Waals surface area contributed by atoms with Crippen LogP contribution in [0, 0.1) is 0 Å².